The van der Waals surface area contributed by atoms with Crippen molar-refractivity contribution in [2.75, 3.05) is 19.0 Å². The van der Waals surface area contributed by atoms with Gasteiger partial charge in [-0.15, -0.1) is 10.2 Å². The Morgan fingerprint density at radius 2 is 2.00 bits per heavy atom. The Labute approximate surface area is 157 Å². The quantitative estimate of drug-likeness (QED) is 0.702. The van der Waals surface area contributed by atoms with Crippen molar-refractivity contribution >= 4 is 28.3 Å². The summed E-state index contributed by atoms with van der Waals surface area (Å²) in [6.45, 7) is 4.42. The molecule has 0 aliphatic carbocycles. The summed E-state index contributed by atoms with van der Waals surface area (Å²) in [4.78, 5) is 24.2. The Balaban J connectivity index is 1.82. The van der Waals surface area contributed by atoms with Gasteiger partial charge in [-0.1, -0.05) is 31.3 Å². The van der Waals surface area contributed by atoms with Gasteiger partial charge in [0, 0.05) is 24.4 Å². The molecule has 0 fully saturated rings. The van der Waals surface area contributed by atoms with Crippen LogP contribution in [0.5, 0.6) is 5.75 Å². The van der Waals surface area contributed by atoms with Crippen LogP contribution in [0.1, 0.15) is 42.1 Å². The fraction of sp³-hybridized carbons (Fsp3) is 0.444. The normalized spacial score (nSPS) is 10.6. The van der Waals surface area contributed by atoms with Gasteiger partial charge in [-0.3, -0.25) is 9.59 Å². The largest absolute Gasteiger partial charge is 0.497 e. The zero-order chi connectivity index (χ0) is 18.9. The predicted octanol–water partition coefficient (Wildman–Crippen LogP) is 2.89. The fourth-order valence-electron chi connectivity index (χ4n) is 2.42. The van der Waals surface area contributed by atoms with E-state index >= 15 is 0 Å². The molecule has 0 radical (unpaired) electrons. The minimum absolute atomic E-state index is 0.00972. The lowest BCUT2D eigenvalue weighted by Crippen LogP contribution is -2.25. The number of amides is 2. The van der Waals surface area contributed by atoms with Gasteiger partial charge in [0.1, 0.15) is 10.8 Å². The summed E-state index contributed by atoms with van der Waals surface area (Å²) in [5, 5.41) is 15.0. The van der Waals surface area contributed by atoms with Gasteiger partial charge in [0.25, 0.3) is 5.91 Å². The van der Waals surface area contributed by atoms with Crippen LogP contribution in [0, 0.1) is 5.92 Å². The molecule has 0 bridgehead atoms. The highest BCUT2D eigenvalue weighted by Gasteiger charge is 2.16. The maximum Gasteiger partial charge on any atom is 0.251 e. The van der Waals surface area contributed by atoms with E-state index in [0.29, 0.717) is 29.4 Å². The van der Waals surface area contributed by atoms with Crippen molar-refractivity contribution in [1.29, 1.82) is 0 Å². The van der Waals surface area contributed by atoms with Crippen LogP contribution in [0.2, 0.25) is 0 Å². The average molecular weight is 376 g/mol. The number of carbonyl (C=O) groups excluding carboxylic acids is 2. The number of nitrogens with zero attached hydrogens (tertiary/aromatic N) is 2. The van der Waals surface area contributed by atoms with Crippen molar-refractivity contribution < 1.29 is 14.3 Å². The van der Waals surface area contributed by atoms with Crippen LogP contribution >= 0.6 is 11.3 Å². The topological polar surface area (TPSA) is 93.2 Å². The van der Waals surface area contributed by atoms with Crippen molar-refractivity contribution in [3.05, 3.63) is 34.8 Å². The second kappa shape index (κ2) is 9.86. The Bertz CT molecular complexity index is 744. The molecule has 140 valence electrons. The van der Waals surface area contributed by atoms with E-state index in [1.54, 1.807) is 31.4 Å². The van der Waals surface area contributed by atoms with E-state index < -0.39 is 0 Å². The first-order chi connectivity index (χ1) is 12.6. The molecule has 1 heterocycles. The third kappa shape index (κ3) is 5.52. The molecular weight excluding hydrogens is 352 g/mol. The molecule has 0 aliphatic heterocycles. The van der Waals surface area contributed by atoms with E-state index in [1.165, 1.54) is 11.3 Å². The van der Waals surface area contributed by atoms with Gasteiger partial charge in [-0.25, -0.2) is 0 Å². The van der Waals surface area contributed by atoms with Crippen molar-refractivity contribution in [1.82, 2.24) is 15.5 Å². The number of methoxy groups -OCH3 is 1. The third-order valence-electron chi connectivity index (χ3n) is 4.01. The molecule has 0 unspecified atom stereocenters. The molecule has 0 aliphatic rings. The molecule has 0 spiro atoms. The van der Waals surface area contributed by atoms with Crippen LogP contribution in [0.15, 0.2) is 24.3 Å². The van der Waals surface area contributed by atoms with E-state index in [1.807, 2.05) is 13.8 Å². The number of ether oxygens (including phenoxy) is 1. The van der Waals surface area contributed by atoms with Crippen LogP contribution in [-0.4, -0.2) is 35.7 Å². The van der Waals surface area contributed by atoms with Gasteiger partial charge in [0.05, 0.1) is 7.11 Å². The van der Waals surface area contributed by atoms with Crippen LogP contribution in [-0.2, 0) is 11.2 Å². The number of hydrogen-bond acceptors (Lipinski definition) is 6. The van der Waals surface area contributed by atoms with E-state index in [9.17, 15) is 9.59 Å². The lowest BCUT2D eigenvalue weighted by Gasteiger charge is -2.09. The average Bonchev–Trinajstić information content (AvgIpc) is 3.09. The highest BCUT2D eigenvalue weighted by Crippen LogP contribution is 2.18. The number of rotatable bonds is 9. The highest BCUT2D eigenvalue weighted by atomic mass is 32.1. The van der Waals surface area contributed by atoms with E-state index in [0.717, 1.165) is 17.8 Å². The number of benzene rings is 1. The van der Waals surface area contributed by atoms with Gasteiger partial charge >= 0.3 is 0 Å². The summed E-state index contributed by atoms with van der Waals surface area (Å²) < 4.78 is 5.12. The second-order valence-electron chi connectivity index (χ2n) is 5.74. The van der Waals surface area contributed by atoms with Gasteiger partial charge < -0.3 is 15.4 Å². The molecule has 26 heavy (non-hydrogen) atoms. The Hall–Kier alpha value is -2.48. The Morgan fingerprint density at radius 1 is 1.23 bits per heavy atom. The maximum absolute atomic E-state index is 12.1. The standard InChI is InChI=1S/C18H24N4O3S/c1-4-12(5-2)17(24)20-18-22-21-15(26-18)9-10-19-16(23)13-7-6-8-14(11-13)25-3/h6-8,11-12H,4-5,9-10H2,1-3H3,(H,19,23)(H,20,22,24). The summed E-state index contributed by atoms with van der Waals surface area (Å²) in [6, 6.07) is 6.98. The molecule has 7 nitrogen and oxygen atoms in total. The van der Waals surface area contributed by atoms with Crippen LogP contribution in [0.25, 0.3) is 0 Å². The third-order valence-corrected chi connectivity index (χ3v) is 4.91. The predicted molar refractivity (Wildman–Crippen MR) is 102 cm³/mol. The minimum atomic E-state index is -0.171. The second-order valence-corrected chi connectivity index (χ2v) is 6.80. The first-order valence-electron chi connectivity index (χ1n) is 8.62. The monoisotopic (exact) mass is 376 g/mol. The molecule has 2 amide bonds. The molecule has 0 saturated carbocycles. The Morgan fingerprint density at radius 3 is 2.69 bits per heavy atom. The Kier molecular flexibility index (Phi) is 7.53. The molecule has 2 rings (SSSR count). The summed E-state index contributed by atoms with van der Waals surface area (Å²) in [6.07, 6.45) is 2.14. The molecule has 8 heteroatoms. The zero-order valence-corrected chi connectivity index (χ0v) is 16.1. The van der Waals surface area contributed by atoms with Crippen molar-refractivity contribution in [3.63, 3.8) is 0 Å². The van der Waals surface area contributed by atoms with E-state index in [-0.39, 0.29) is 17.7 Å². The number of nitrogens with one attached hydrogen (secondary N) is 2. The lowest BCUT2D eigenvalue weighted by atomic mass is 10.0. The summed E-state index contributed by atoms with van der Waals surface area (Å²) >= 11 is 1.33. The maximum atomic E-state index is 12.1. The van der Waals surface area contributed by atoms with Crippen LogP contribution in [0.4, 0.5) is 5.13 Å². The van der Waals surface area contributed by atoms with Gasteiger partial charge in [-0.2, -0.15) is 0 Å². The number of anilines is 1. The van der Waals surface area contributed by atoms with Gasteiger partial charge in [0.2, 0.25) is 11.0 Å². The van der Waals surface area contributed by atoms with Crippen molar-refractivity contribution in [3.8, 4) is 5.75 Å². The molecule has 2 N–H and O–H groups in total. The van der Waals surface area contributed by atoms with Gasteiger partial charge in [0.15, 0.2) is 0 Å². The highest BCUT2D eigenvalue weighted by molar-refractivity contribution is 7.15. The number of hydrogen-bond donors (Lipinski definition) is 2. The lowest BCUT2D eigenvalue weighted by molar-refractivity contribution is -0.120. The summed E-state index contributed by atoms with van der Waals surface area (Å²) in [7, 11) is 1.56. The summed E-state index contributed by atoms with van der Waals surface area (Å²) in [5.74, 6) is 0.434. The number of aromatic nitrogens is 2. The minimum Gasteiger partial charge on any atom is -0.497 e. The van der Waals surface area contributed by atoms with E-state index in [4.69, 9.17) is 4.74 Å². The fourth-order valence-corrected chi connectivity index (χ4v) is 3.16. The zero-order valence-electron chi connectivity index (χ0n) is 15.2. The molecule has 1 aromatic heterocycles. The SMILES string of the molecule is CCC(CC)C(=O)Nc1nnc(CCNC(=O)c2cccc(OC)c2)s1. The first-order valence-corrected chi connectivity index (χ1v) is 9.44. The molecule has 0 atom stereocenters. The van der Waals surface area contributed by atoms with Crippen LogP contribution in [0.3, 0.4) is 0 Å². The summed E-state index contributed by atoms with van der Waals surface area (Å²) in [5.41, 5.74) is 0.541. The van der Waals surface area contributed by atoms with Crippen molar-refractivity contribution in [2.45, 2.75) is 33.1 Å². The van der Waals surface area contributed by atoms with Crippen LogP contribution < -0.4 is 15.4 Å². The number of carbonyl (C=O) groups is 2. The van der Waals surface area contributed by atoms with E-state index in [2.05, 4.69) is 20.8 Å². The first kappa shape index (κ1) is 19.8. The molecule has 0 saturated heterocycles. The molecule has 2 aromatic rings. The van der Waals surface area contributed by atoms with Gasteiger partial charge in [-0.05, 0) is 31.0 Å². The smallest absolute Gasteiger partial charge is 0.251 e. The van der Waals surface area contributed by atoms with Crippen molar-refractivity contribution in [2.24, 2.45) is 5.92 Å². The molecule has 1 aromatic carbocycles. The molecular formula is C18H24N4O3S.